The van der Waals surface area contributed by atoms with E-state index >= 15 is 0 Å². The van der Waals surface area contributed by atoms with Crippen LogP contribution >= 0.6 is 0 Å². The zero-order valence-corrected chi connectivity index (χ0v) is 18.5. The molecule has 0 aliphatic carbocycles. The van der Waals surface area contributed by atoms with Gasteiger partial charge in [-0.2, -0.15) is 0 Å². The van der Waals surface area contributed by atoms with Gasteiger partial charge < -0.3 is 11.0 Å². The number of hydrogen-bond acceptors (Lipinski definition) is 6. The molecule has 24 heavy (non-hydrogen) atoms. The average molecular weight is 474 g/mol. The van der Waals surface area contributed by atoms with Crippen LogP contribution in [-0.2, 0) is 17.4 Å². The van der Waals surface area contributed by atoms with E-state index in [1.54, 1.807) is 20.8 Å². The van der Waals surface area contributed by atoms with Gasteiger partial charge in [0.25, 0.3) is 0 Å². The van der Waals surface area contributed by atoms with Gasteiger partial charge in [-0.15, -0.1) is 0 Å². The van der Waals surface area contributed by atoms with Gasteiger partial charge in [0, 0.05) is 0 Å². The van der Waals surface area contributed by atoms with Gasteiger partial charge in [0.2, 0.25) is 0 Å². The summed E-state index contributed by atoms with van der Waals surface area (Å²) >= 11 is -3.66. The van der Waals surface area contributed by atoms with Gasteiger partial charge in [0.15, 0.2) is 0 Å². The number of rotatable bonds is 9. The zero-order valence-electron chi connectivity index (χ0n) is 14.8. The quantitative estimate of drug-likeness (QED) is 0.364. The summed E-state index contributed by atoms with van der Waals surface area (Å²) in [5.74, 6) is 0.672. The minimum absolute atomic E-state index is 0. The van der Waals surface area contributed by atoms with Gasteiger partial charge in [-0.1, -0.05) is 0 Å². The van der Waals surface area contributed by atoms with E-state index < -0.39 is 36.8 Å². The summed E-state index contributed by atoms with van der Waals surface area (Å²) in [6, 6.07) is 0. The molecule has 0 amide bonds. The molecule has 0 unspecified atom stereocenters. The van der Waals surface area contributed by atoms with Gasteiger partial charge in [-0.05, 0) is 0 Å². The van der Waals surface area contributed by atoms with Crippen molar-refractivity contribution in [2.75, 3.05) is 0 Å². The molecule has 0 radical (unpaired) electrons. The number of carbonyl (C=O) groups excluding carboxylic acids is 3. The van der Waals surface area contributed by atoms with E-state index in [0.29, 0.717) is 17.3 Å². The molecule has 0 rings (SSSR count). The summed E-state index contributed by atoms with van der Waals surface area (Å²) in [5, 5.41) is 0. The molecule has 0 aromatic heterocycles. The van der Waals surface area contributed by atoms with Crippen LogP contribution in [0, 0.1) is 36.8 Å². The van der Waals surface area contributed by atoms with Gasteiger partial charge in [0.1, 0.15) is 0 Å². The Kier molecular flexibility index (Phi) is 16.5. The first-order valence-electron chi connectivity index (χ1n) is 6.66. The van der Waals surface area contributed by atoms with E-state index in [1.807, 2.05) is 0 Å². The fraction of sp³-hybridized carbons (Fsp3) is 0.400. The summed E-state index contributed by atoms with van der Waals surface area (Å²) in [7, 11) is 0. The van der Waals surface area contributed by atoms with Crippen molar-refractivity contribution < 1.29 is 65.2 Å². The zero-order chi connectivity index (χ0) is 17.3. The van der Waals surface area contributed by atoms with Crippen molar-refractivity contribution >= 4 is 17.3 Å². The molecule has 0 heterocycles. The van der Waals surface area contributed by atoms with Crippen molar-refractivity contribution in [2.24, 2.45) is 0 Å². The maximum absolute atomic E-state index is 11.0. The first-order chi connectivity index (χ1) is 10.1. The van der Waals surface area contributed by atoms with Crippen molar-refractivity contribution in [1.29, 1.82) is 0 Å². The molecule has 0 saturated heterocycles. The number of carbonyl (C=O) groups is 3. The third-order valence-corrected chi connectivity index (χ3v) is 7.50. The van der Waals surface area contributed by atoms with Crippen LogP contribution in [0.2, 0.25) is 0 Å². The van der Waals surface area contributed by atoms with Gasteiger partial charge in [-0.25, -0.2) is 0 Å². The van der Waals surface area contributed by atoms with Gasteiger partial charge >= 0.3 is 149 Å². The first kappa shape index (κ1) is 27.7. The predicted octanol–water partition coefficient (Wildman–Crippen LogP) is 1.23. The molecule has 0 aromatic rings. The number of allylic oxidation sites excluding steroid dienone is 6. The van der Waals surface area contributed by atoms with Crippen molar-refractivity contribution in [3.63, 3.8) is 0 Å². The minimum atomic E-state index is -3.66. The van der Waals surface area contributed by atoms with Crippen LogP contribution in [-0.4, -0.2) is 28.3 Å². The Morgan fingerprint density at radius 1 is 0.583 bits per heavy atom. The smallest absolute Gasteiger partial charge is 0.412 e. The van der Waals surface area contributed by atoms with E-state index in [9.17, 15) is 14.4 Å². The second-order valence-electron chi connectivity index (χ2n) is 4.74. The maximum atomic E-state index is 11.0. The topological polar surface area (TPSA) is 142 Å². The van der Waals surface area contributed by atoms with Crippen molar-refractivity contribution in [2.45, 2.75) is 41.5 Å². The molecule has 0 aromatic carbocycles. The van der Waals surface area contributed by atoms with Crippen LogP contribution in [0.4, 0.5) is 0 Å². The molecule has 9 heteroatoms. The number of hydrogen-bond donors (Lipinski definition) is 0. The van der Waals surface area contributed by atoms with E-state index in [2.05, 4.69) is 0 Å². The summed E-state index contributed by atoms with van der Waals surface area (Å²) < 4.78 is 16.7. The van der Waals surface area contributed by atoms with E-state index in [1.165, 1.54) is 39.0 Å². The second-order valence-corrected chi connectivity index (χ2v) is 8.86. The van der Waals surface area contributed by atoms with Crippen molar-refractivity contribution in [1.82, 2.24) is 0 Å². The second kappa shape index (κ2) is 14.3. The summed E-state index contributed by atoms with van der Waals surface area (Å²) in [6.45, 7) is 9.08. The Labute approximate surface area is 158 Å². The van der Waals surface area contributed by atoms with Gasteiger partial charge in [-0.3, -0.25) is 0 Å². The standard InChI is InChI=1S/3C5H8O2.2H2O.Pr/c3*1-4(6)3-5(2)7;;;/h3*3,6H,1-2H3;2*1H2;/q;;;;;+3/p-3/b3*4-3-;;;. The molecule has 136 valence electrons. The molecule has 0 spiro atoms. The fourth-order valence-electron chi connectivity index (χ4n) is 1.49. The monoisotopic (exact) mass is 474 g/mol. The minimum Gasteiger partial charge on any atom is -0.412 e. The summed E-state index contributed by atoms with van der Waals surface area (Å²) in [4.78, 5) is 33.1. The summed E-state index contributed by atoms with van der Waals surface area (Å²) in [6.07, 6.45) is 3.98. The molecule has 0 saturated carbocycles. The first-order valence-corrected chi connectivity index (χ1v) is 11.2. The third kappa shape index (κ3) is 15.8. The molecule has 0 atom stereocenters. The molecule has 0 bridgehead atoms. The SMILES string of the molecule is CC(=O)/C=C(/C)[O][Pr]([O]/C(C)=C\C(C)=O)[O]/C(C)=C\C(C)=O.O.O. The van der Waals surface area contributed by atoms with Gasteiger partial charge in [0.05, 0.1) is 0 Å². The van der Waals surface area contributed by atoms with E-state index in [0.717, 1.165) is 0 Å². The van der Waals surface area contributed by atoms with E-state index in [4.69, 9.17) is 3.02 Å². The van der Waals surface area contributed by atoms with Crippen LogP contribution in [0.15, 0.2) is 35.5 Å². The Morgan fingerprint density at radius 3 is 0.958 bits per heavy atom. The largest absolute Gasteiger partial charge is 0.412 e. The Morgan fingerprint density at radius 2 is 0.792 bits per heavy atom. The molecular formula is C15H25O8Pr. The predicted molar refractivity (Wildman–Crippen MR) is 83.8 cm³/mol. The van der Waals surface area contributed by atoms with Crippen LogP contribution in [0.5, 0.6) is 0 Å². The van der Waals surface area contributed by atoms with Crippen LogP contribution < -0.4 is 0 Å². The molecule has 4 N–H and O–H groups in total. The van der Waals surface area contributed by atoms with E-state index in [-0.39, 0.29) is 28.3 Å². The molecule has 0 aliphatic rings. The Bertz CT molecular complexity index is 458. The average Bonchev–Trinajstić information content (AvgIpc) is 2.23. The van der Waals surface area contributed by atoms with Crippen molar-refractivity contribution in [3.8, 4) is 0 Å². The molecule has 8 nitrogen and oxygen atoms in total. The molecular weight excluding hydrogens is 449 g/mol. The number of ketones is 3. The van der Waals surface area contributed by atoms with Crippen LogP contribution in [0.3, 0.4) is 0 Å². The summed E-state index contributed by atoms with van der Waals surface area (Å²) in [5.41, 5.74) is 0. The Balaban J connectivity index is -0.00000220. The van der Waals surface area contributed by atoms with Crippen LogP contribution in [0.25, 0.3) is 0 Å². The van der Waals surface area contributed by atoms with Crippen LogP contribution in [0.1, 0.15) is 41.5 Å². The molecule has 0 aliphatic heterocycles. The third-order valence-electron chi connectivity index (χ3n) is 2.07. The molecule has 0 fully saturated rings. The van der Waals surface area contributed by atoms with Crippen molar-refractivity contribution in [3.05, 3.63) is 35.5 Å². The maximum Gasteiger partial charge on any atom is -0.412 e. The Hall–Kier alpha value is -1.09. The fourth-order valence-corrected chi connectivity index (χ4v) is 5.53. The normalized spacial score (nSPS) is 11.5.